The minimum absolute atomic E-state index is 0.195. The molecule has 28 heavy (non-hydrogen) atoms. The third kappa shape index (κ3) is 3.56. The maximum atomic E-state index is 10.8. The SMILES string of the molecule is CN1CCN([C@@H]2C[C@@H]3CN(c4nnc(-c5ccccc5)s4)C[C@@H]3C[C@H]2O)CC1. The molecule has 1 aromatic heterocycles. The van der Waals surface area contributed by atoms with Crippen LogP contribution in [0.15, 0.2) is 30.3 Å². The number of likely N-dealkylation sites (N-methyl/N-ethyl adjacent to an activating group) is 1. The predicted octanol–water partition coefficient (Wildman–Crippen LogP) is 2.03. The lowest BCUT2D eigenvalue weighted by Crippen LogP contribution is -2.55. The maximum Gasteiger partial charge on any atom is 0.208 e. The molecule has 0 amide bonds. The third-order valence-corrected chi connectivity index (χ3v) is 7.85. The Bertz CT molecular complexity index is 791. The van der Waals surface area contributed by atoms with Crippen LogP contribution in [-0.2, 0) is 0 Å². The van der Waals surface area contributed by atoms with Gasteiger partial charge >= 0.3 is 0 Å². The van der Waals surface area contributed by atoms with Crippen molar-refractivity contribution >= 4 is 16.5 Å². The fourth-order valence-corrected chi connectivity index (χ4v) is 6.02. The molecule has 7 heteroatoms. The Morgan fingerprint density at radius 1 is 0.964 bits per heavy atom. The predicted molar refractivity (Wildman–Crippen MR) is 113 cm³/mol. The van der Waals surface area contributed by atoms with E-state index in [2.05, 4.69) is 44.1 Å². The quantitative estimate of drug-likeness (QED) is 0.852. The summed E-state index contributed by atoms with van der Waals surface area (Å²) in [5.41, 5.74) is 1.13. The van der Waals surface area contributed by atoms with E-state index in [-0.39, 0.29) is 6.10 Å². The van der Waals surface area contributed by atoms with Crippen LogP contribution in [-0.4, -0.2) is 83.6 Å². The van der Waals surface area contributed by atoms with E-state index in [1.165, 1.54) is 0 Å². The second kappa shape index (κ2) is 7.71. The number of nitrogens with zero attached hydrogens (tertiary/aromatic N) is 5. The first-order valence-electron chi connectivity index (χ1n) is 10.4. The van der Waals surface area contributed by atoms with Crippen LogP contribution in [0.5, 0.6) is 0 Å². The molecule has 0 radical (unpaired) electrons. The van der Waals surface area contributed by atoms with Crippen LogP contribution in [0.25, 0.3) is 10.6 Å². The summed E-state index contributed by atoms with van der Waals surface area (Å²) in [6.07, 6.45) is 1.83. The fourth-order valence-electron chi connectivity index (χ4n) is 5.15. The van der Waals surface area contributed by atoms with Crippen molar-refractivity contribution in [3.8, 4) is 10.6 Å². The van der Waals surface area contributed by atoms with E-state index in [1.807, 2.05) is 18.2 Å². The second-order valence-electron chi connectivity index (χ2n) is 8.63. The first-order valence-corrected chi connectivity index (χ1v) is 11.2. The molecule has 1 N–H and O–H groups in total. The molecule has 1 aliphatic carbocycles. The van der Waals surface area contributed by atoms with Gasteiger partial charge in [0.15, 0.2) is 0 Å². The number of benzene rings is 1. The standard InChI is InChI=1S/C21H29N5OS/c1-24-7-9-25(10-8-24)18-11-16-13-26(14-17(16)12-19(18)27)21-23-22-20(28-21)15-5-3-2-4-6-15/h2-6,16-19,27H,7-14H2,1H3/t16-,17+,18-,19-/m1/s1. The number of piperazine rings is 1. The normalized spacial score (nSPS) is 31.9. The minimum Gasteiger partial charge on any atom is -0.391 e. The highest BCUT2D eigenvalue weighted by Gasteiger charge is 2.44. The zero-order valence-corrected chi connectivity index (χ0v) is 17.3. The average molecular weight is 400 g/mol. The first-order chi connectivity index (χ1) is 13.7. The van der Waals surface area contributed by atoms with Gasteiger partial charge in [0, 0.05) is 50.9 Å². The van der Waals surface area contributed by atoms with Crippen molar-refractivity contribution in [1.82, 2.24) is 20.0 Å². The van der Waals surface area contributed by atoms with Crippen molar-refractivity contribution in [2.75, 3.05) is 51.2 Å². The molecule has 2 aliphatic heterocycles. The molecule has 5 rings (SSSR count). The lowest BCUT2D eigenvalue weighted by atomic mass is 9.77. The topological polar surface area (TPSA) is 55.7 Å². The summed E-state index contributed by atoms with van der Waals surface area (Å²) < 4.78 is 0. The number of aromatic nitrogens is 2. The fraction of sp³-hybridized carbons (Fsp3) is 0.619. The van der Waals surface area contributed by atoms with E-state index in [0.29, 0.717) is 17.9 Å². The maximum absolute atomic E-state index is 10.8. The van der Waals surface area contributed by atoms with Gasteiger partial charge < -0.3 is 14.9 Å². The highest BCUT2D eigenvalue weighted by Crippen LogP contribution is 2.41. The number of aliphatic hydroxyl groups excluding tert-OH is 1. The van der Waals surface area contributed by atoms with Crippen molar-refractivity contribution < 1.29 is 5.11 Å². The van der Waals surface area contributed by atoms with Crippen molar-refractivity contribution in [2.45, 2.75) is 25.0 Å². The van der Waals surface area contributed by atoms with Gasteiger partial charge in [-0.15, -0.1) is 10.2 Å². The molecule has 2 saturated heterocycles. The van der Waals surface area contributed by atoms with E-state index in [4.69, 9.17) is 0 Å². The van der Waals surface area contributed by atoms with E-state index in [9.17, 15) is 5.11 Å². The Balaban J connectivity index is 1.26. The summed E-state index contributed by atoms with van der Waals surface area (Å²) in [5.74, 6) is 1.22. The number of anilines is 1. The largest absolute Gasteiger partial charge is 0.391 e. The van der Waals surface area contributed by atoms with Gasteiger partial charge in [0.25, 0.3) is 0 Å². The van der Waals surface area contributed by atoms with E-state index in [1.54, 1.807) is 11.3 Å². The smallest absolute Gasteiger partial charge is 0.208 e. The zero-order valence-electron chi connectivity index (χ0n) is 16.4. The molecular formula is C21H29N5OS. The molecule has 2 aromatic rings. The summed E-state index contributed by atoms with van der Waals surface area (Å²) in [4.78, 5) is 7.31. The number of hydrogen-bond acceptors (Lipinski definition) is 7. The highest BCUT2D eigenvalue weighted by atomic mass is 32.1. The molecule has 0 unspecified atom stereocenters. The van der Waals surface area contributed by atoms with Crippen LogP contribution >= 0.6 is 11.3 Å². The van der Waals surface area contributed by atoms with Crippen LogP contribution in [0.3, 0.4) is 0 Å². The Morgan fingerprint density at radius 2 is 1.68 bits per heavy atom. The monoisotopic (exact) mass is 399 g/mol. The molecule has 0 bridgehead atoms. The van der Waals surface area contributed by atoms with Gasteiger partial charge in [-0.05, 0) is 31.7 Å². The van der Waals surface area contributed by atoms with Crippen molar-refractivity contribution in [3.63, 3.8) is 0 Å². The van der Waals surface area contributed by atoms with Gasteiger partial charge in [0.1, 0.15) is 5.01 Å². The molecule has 1 aromatic carbocycles. The second-order valence-corrected chi connectivity index (χ2v) is 9.58. The van der Waals surface area contributed by atoms with Gasteiger partial charge in [0.05, 0.1) is 6.10 Å². The molecule has 3 fully saturated rings. The molecular weight excluding hydrogens is 370 g/mol. The number of aliphatic hydroxyl groups is 1. The van der Waals surface area contributed by atoms with Crippen LogP contribution in [0.2, 0.25) is 0 Å². The van der Waals surface area contributed by atoms with E-state index < -0.39 is 0 Å². The van der Waals surface area contributed by atoms with Crippen LogP contribution in [0.1, 0.15) is 12.8 Å². The van der Waals surface area contributed by atoms with Gasteiger partial charge in [-0.3, -0.25) is 4.90 Å². The minimum atomic E-state index is -0.195. The Kier molecular flexibility index (Phi) is 5.09. The van der Waals surface area contributed by atoms with E-state index >= 15 is 0 Å². The summed E-state index contributed by atoms with van der Waals surface area (Å²) in [6, 6.07) is 10.6. The summed E-state index contributed by atoms with van der Waals surface area (Å²) in [7, 11) is 2.19. The molecule has 1 saturated carbocycles. The molecule has 150 valence electrons. The summed E-state index contributed by atoms with van der Waals surface area (Å²) in [6.45, 7) is 6.42. The molecule has 3 aliphatic rings. The van der Waals surface area contributed by atoms with Crippen LogP contribution in [0.4, 0.5) is 5.13 Å². The van der Waals surface area contributed by atoms with Crippen LogP contribution < -0.4 is 4.90 Å². The molecule has 0 spiro atoms. The summed E-state index contributed by atoms with van der Waals surface area (Å²) in [5, 5.41) is 21.8. The molecule has 3 heterocycles. The Hall–Kier alpha value is -1.54. The summed E-state index contributed by atoms with van der Waals surface area (Å²) >= 11 is 1.68. The Morgan fingerprint density at radius 3 is 2.43 bits per heavy atom. The highest BCUT2D eigenvalue weighted by molar-refractivity contribution is 7.18. The third-order valence-electron chi connectivity index (χ3n) is 6.82. The zero-order chi connectivity index (χ0) is 19.1. The van der Waals surface area contributed by atoms with Crippen molar-refractivity contribution in [2.24, 2.45) is 11.8 Å². The van der Waals surface area contributed by atoms with Crippen molar-refractivity contribution in [1.29, 1.82) is 0 Å². The molecule has 6 nitrogen and oxygen atoms in total. The van der Waals surface area contributed by atoms with Gasteiger partial charge in [0.2, 0.25) is 5.13 Å². The van der Waals surface area contributed by atoms with Gasteiger partial charge in [-0.25, -0.2) is 0 Å². The van der Waals surface area contributed by atoms with Crippen molar-refractivity contribution in [3.05, 3.63) is 30.3 Å². The lowest BCUT2D eigenvalue weighted by Gasteiger charge is -2.44. The van der Waals surface area contributed by atoms with Crippen LogP contribution in [0, 0.1) is 11.8 Å². The first kappa shape index (κ1) is 18.5. The lowest BCUT2D eigenvalue weighted by molar-refractivity contribution is -0.0249. The number of hydrogen-bond donors (Lipinski definition) is 1. The molecule has 4 atom stereocenters. The van der Waals surface area contributed by atoms with Gasteiger partial charge in [-0.1, -0.05) is 41.7 Å². The van der Waals surface area contributed by atoms with Gasteiger partial charge in [-0.2, -0.15) is 0 Å². The number of rotatable bonds is 3. The Labute approximate surface area is 170 Å². The average Bonchev–Trinajstić information content (AvgIpc) is 3.35. The number of fused-ring (bicyclic) bond motifs is 1. The van der Waals surface area contributed by atoms with E-state index in [0.717, 1.165) is 67.8 Å².